The molecule has 0 bridgehead atoms. The van der Waals surface area contributed by atoms with Crippen molar-refractivity contribution in [2.45, 2.75) is 65.0 Å². The van der Waals surface area contributed by atoms with Gasteiger partial charge in [0, 0.05) is 37.7 Å². The van der Waals surface area contributed by atoms with Gasteiger partial charge in [-0.25, -0.2) is 0 Å². The van der Waals surface area contributed by atoms with Crippen LogP contribution < -0.4 is 5.32 Å². The Balaban J connectivity index is 2.09. The zero-order valence-electron chi connectivity index (χ0n) is 14.1. The van der Waals surface area contributed by atoms with Crippen LogP contribution in [0.1, 0.15) is 51.4 Å². The Morgan fingerprint density at radius 2 is 2.24 bits per heavy atom. The van der Waals surface area contributed by atoms with E-state index in [2.05, 4.69) is 49.0 Å². The van der Waals surface area contributed by atoms with Gasteiger partial charge in [-0.15, -0.1) is 0 Å². The molecule has 3 unspecified atom stereocenters. The lowest BCUT2D eigenvalue weighted by molar-refractivity contribution is 0.0772. The van der Waals surface area contributed by atoms with Crippen LogP contribution in [-0.2, 0) is 24.6 Å². The highest BCUT2D eigenvalue weighted by Gasteiger charge is 2.33. The average Bonchev–Trinajstić information content (AvgIpc) is 3.09. The summed E-state index contributed by atoms with van der Waals surface area (Å²) < 4.78 is 7.96. The second-order valence-electron chi connectivity index (χ2n) is 6.14. The van der Waals surface area contributed by atoms with Crippen molar-refractivity contribution in [1.29, 1.82) is 0 Å². The van der Waals surface area contributed by atoms with Gasteiger partial charge in [-0.2, -0.15) is 5.10 Å². The zero-order chi connectivity index (χ0) is 15.2. The lowest BCUT2D eigenvalue weighted by Gasteiger charge is -2.28. The van der Waals surface area contributed by atoms with Gasteiger partial charge in [0.1, 0.15) is 0 Å². The molecule has 1 aliphatic heterocycles. The quantitative estimate of drug-likeness (QED) is 0.801. The van der Waals surface area contributed by atoms with E-state index in [0.29, 0.717) is 18.1 Å². The van der Waals surface area contributed by atoms with Crippen molar-refractivity contribution < 1.29 is 4.74 Å². The molecule has 0 aromatic carbocycles. The van der Waals surface area contributed by atoms with Crippen LogP contribution in [0.25, 0.3) is 0 Å². The van der Waals surface area contributed by atoms with Crippen LogP contribution in [0.3, 0.4) is 0 Å². The van der Waals surface area contributed by atoms with E-state index in [9.17, 15) is 0 Å². The maximum absolute atomic E-state index is 5.91. The first-order valence-corrected chi connectivity index (χ1v) is 8.56. The Labute approximate surface area is 129 Å². The monoisotopic (exact) mass is 293 g/mol. The Morgan fingerprint density at radius 1 is 1.43 bits per heavy atom. The largest absolute Gasteiger partial charge is 0.378 e. The van der Waals surface area contributed by atoms with Crippen LogP contribution >= 0.6 is 0 Å². The molecule has 0 saturated carbocycles. The number of rotatable bonds is 8. The van der Waals surface area contributed by atoms with E-state index in [1.165, 1.54) is 24.2 Å². The van der Waals surface area contributed by atoms with Gasteiger partial charge in [-0.3, -0.25) is 4.68 Å². The predicted molar refractivity (Wildman–Crippen MR) is 86.5 cm³/mol. The maximum Gasteiger partial charge on any atom is 0.0624 e. The molecule has 0 radical (unpaired) electrons. The van der Waals surface area contributed by atoms with Gasteiger partial charge in [-0.05, 0) is 38.3 Å². The minimum atomic E-state index is 0.415. The summed E-state index contributed by atoms with van der Waals surface area (Å²) in [5.74, 6) is 0.626. The maximum atomic E-state index is 5.91. The SMILES string of the molecule is CCCNC(Cc1cc(CC)nn1C)C1CCOC1CC. The molecule has 21 heavy (non-hydrogen) atoms. The van der Waals surface area contributed by atoms with Crippen molar-refractivity contribution in [3.63, 3.8) is 0 Å². The molecule has 2 rings (SSSR count). The fourth-order valence-electron chi connectivity index (χ4n) is 3.41. The lowest BCUT2D eigenvalue weighted by atomic mass is 9.88. The predicted octanol–water partition coefficient (Wildman–Crippen LogP) is 2.71. The first kappa shape index (κ1) is 16.5. The third-order valence-corrected chi connectivity index (χ3v) is 4.65. The summed E-state index contributed by atoms with van der Waals surface area (Å²) in [4.78, 5) is 0. The number of hydrogen-bond acceptors (Lipinski definition) is 3. The molecule has 4 nitrogen and oxygen atoms in total. The smallest absolute Gasteiger partial charge is 0.0624 e. The molecule has 1 saturated heterocycles. The molecule has 0 aliphatic carbocycles. The molecule has 0 amide bonds. The van der Waals surface area contributed by atoms with E-state index in [-0.39, 0.29) is 0 Å². The number of aryl methyl sites for hydroxylation is 2. The van der Waals surface area contributed by atoms with E-state index in [1.807, 2.05) is 0 Å². The number of nitrogens with zero attached hydrogens (tertiary/aromatic N) is 2. The van der Waals surface area contributed by atoms with Crippen molar-refractivity contribution >= 4 is 0 Å². The third-order valence-electron chi connectivity index (χ3n) is 4.65. The minimum Gasteiger partial charge on any atom is -0.378 e. The molecule has 3 atom stereocenters. The first-order valence-electron chi connectivity index (χ1n) is 8.56. The summed E-state index contributed by atoms with van der Waals surface area (Å²) in [6.45, 7) is 8.62. The summed E-state index contributed by atoms with van der Waals surface area (Å²) in [7, 11) is 2.06. The molecule has 1 aromatic rings. The number of hydrogen-bond donors (Lipinski definition) is 1. The fraction of sp³-hybridized carbons (Fsp3) is 0.824. The molecule has 1 aromatic heterocycles. The second kappa shape index (κ2) is 7.95. The van der Waals surface area contributed by atoms with Gasteiger partial charge in [0.2, 0.25) is 0 Å². The molecule has 1 N–H and O–H groups in total. The van der Waals surface area contributed by atoms with E-state index in [1.54, 1.807) is 0 Å². The van der Waals surface area contributed by atoms with Crippen molar-refractivity contribution in [1.82, 2.24) is 15.1 Å². The van der Waals surface area contributed by atoms with Gasteiger partial charge >= 0.3 is 0 Å². The van der Waals surface area contributed by atoms with Crippen molar-refractivity contribution in [3.05, 3.63) is 17.5 Å². The molecule has 1 aliphatic rings. The topological polar surface area (TPSA) is 39.1 Å². The standard InChI is InChI=1S/C17H31N3O/c1-5-9-18-16(15-8-10-21-17(15)7-3)12-14-11-13(6-2)19-20(14)4/h11,15-18H,5-10,12H2,1-4H3. The lowest BCUT2D eigenvalue weighted by Crippen LogP contribution is -2.42. The Morgan fingerprint density at radius 3 is 2.86 bits per heavy atom. The first-order chi connectivity index (χ1) is 10.2. The minimum absolute atomic E-state index is 0.415. The van der Waals surface area contributed by atoms with Gasteiger partial charge in [0.05, 0.1) is 11.8 Å². The van der Waals surface area contributed by atoms with Crippen LogP contribution in [0.5, 0.6) is 0 Å². The van der Waals surface area contributed by atoms with Crippen LogP contribution in [0.15, 0.2) is 6.07 Å². The van der Waals surface area contributed by atoms with E-state index in [0.717, 1.165) is 32.4 Å². The van der Waals surface area contributed by atoms with E-state index >= 15 is 0 Å². The van der Waals surface area contributed by atoms with E-state index in [4.69, 9.17) is 4.74 Å². The Bertz CT molecular complexity index is 430. The van der Waals surface area contributed by atoms with Crippen LogP contribution in [0.4, 0.5) is 0 Å². The van der Waals surface area contributed by atoms with Gasteiger partial charge in [0.25, 0.3) is 0 Å². The summed E-state index contributed by atoms with van der Waals surface area (Å²) in [5, 5.41) is 8.34. The van der Waals surface area contributed by atoms with Crippen molar-refractivity contribution in [2.24, 2.45) is 13.0 Å². The van der Waals surface area contributed by atoms with Crippen LogP contribution in [-0.4, -0.2) is 35.1 Å². The van der Waals surface area contributed by atoms with Gasteiger partial charge in [-0.1, -0.05) is 20.8 Å². The second-order valence-corrected chi connectivity index (χ2v) is 6.14. The normalized spacial score (nSPS) is 23.6. The summed E-state index contributed by atoms with van der Waals surface area (Å²) >= 11 is 0. The highest BCUT2D eigenvalue weighted by Crippen LogP contribution is 2.28. The molecule has 120 valence electrons. The van der Waals surface area contributed by atoms with Crippen molar-refractivity contribution in [3.8, 4) is 0 Å². The highest BCUT2D eigenvalue weighted by atomic mass is 16.5. The average molecular weight is 293 g/mol. The molecular weight excluding hydrogens is 262 g/mol. The van der Waals surface area contributed by atoms with Gasteiger partial charge in [0.15, 0.2) is 0 Å². The fourth-order valence-corrected chi connectivity index (χ4v) is 3.41. The molecule has 0 spiro atoms. The summed E-state index contributed by atoms with van der Waals surface area (Å²) in [6.07, 6.45) is 5.93. The summed E-state index contributed by atoms with van der Waals surface area (Å²) in [6, 6.07) is 2.76. The summed E-state index contributed by atoms with van der Waals surface area (Å²) in [5.41, 5.74) is 2.53. The Hall–Kier alpha value is -0.870. The van der Waals surface area contributed by atoms with E-state index < -0.39 is 0 Å². The Kier molecular flexibility index (Phi) is 6.24. The molecule has 2 heterocycles. The zero-order valence-corrected chi connectivity index (χ0v) is 14.1. The molecule has 1 fully saturated rings. The van der Waals surface area contributed by atoms with Crippen LogP contribution in [0.2, 0.25) is 0 Å². The number of nitrogens with one attached hydrogen (secondary N) is 1. The number of ether oxygens (including phenoxy) is 1. The number of aromatic nitrogens is 2. The third kappa shape index (κ3) is 4.07. The van der Waals surface area contributed by atoms with Gasteiger partial charge < -0.3 is 10.1 Å². The van der Waals surface area contributed by atoms with Crippen molar-refractivity contribution in [2.75, 3.05) is 13.2 Å². The molecular formula is C17H31N3O. The highest BCUT2D eigenvalue weighted by molar-refractivity contribution is 5.12. The van der Waals surface area contributed by atoms with Crippen LogP contribution in [0, 0.1) is 5.92 Å². The molecule has 4 heteroatoms.